The zero-order chi connectivity index (χ0) is 55.6. The molecule has 0 bridgehead atoms. The fourth-order valence-corrected chi connectivity index (χ4v) is 8.82. The number of benzene rings is 2. The number of carbonyl (C=O) groups excluding carboxylic acids is 2. The fraction of sp³-hybridized carbons (Fsp3) is 0.372. The lowest BCUT2D eigenvalue weighted by Crippen LogP contribution is -2.61. The molecule has 6 rings (SSSR count). The van der Waals surface area contributed by atoms with E-state index in [2.05, 4.69) is 32.3 Å². The second-order valence-corrected chi connectivity index (χ2v) is 22.2. The molecule has 0 saturated heterocycles. The van der Waals surface area contributed by atoms with E-state index in [1.807, 2.05) is 0 Å². The number of aromatic nitrogens is 5. The van der Waals surface area contributed by atoms with Crippen LogP contribution in [0.4, 0.5) is 54.5 Å². The van der Waals surface area contributed by atoms with E-state index in [1.54, 1.807) is 0 Å². The topological polar surface area (TPSA) is 253 Å². The van der Waals surface area contributed by atoms with E-state index < -0.39 is 178 Å². The van der Waals surface area contributed by atoms with Gasteiger partial charge in [0.1, 0.15) is 40.9 Å². The number of pyridine rings is 1. The molecule has 3 aromatic heterocycles. The third-order valence-corrected chi connectivity index (χ3v) is 14.7. The molecule has 0 saturated carbocycles. The van der Waals surface area contributed by atoms with Gasteiger partial charge in [-0.05, 0) is 75.4 Å². The highest BCUT2D eigenvalue weighted by Gasteiger charge is 2.51. The van der Waals surface area contributed by atoms with E-state index in [-0.39, 0.29) is 24.9 Å². The van der Waals surface area contributed by atoms with Gasteiger partial charge in [0, 0.05) is 35.4 Å². The Morgan fingerprint density at radius 3 is 2.03 bits per heavy atom. The summed E-state index contributed by atoms with van der Waals surface area (Å²) in [6.45, 7) is -0.722. The number of carboxylic acid groups (broad SMARTS) is 2. The molecule has 5 aromatic rings. The number of hydrogen-bond acceptors (Lipinski definition) is 11. The first-order chi connectivity index (χ1) is 33.8. The summed E-state index contributed by atoms with van der Waals surface area (Å²) in [6, 6.07) is 1.92. The number of nitrogens with one attached hydrogen (secondary N) is 2. The van der Waals surface area contributed by atoms with E-state index in [4.69, 9.17) is 11.6 Å². The van der Waals surface area contributed by atoms with Crippen molar-refractivity contribution in [1.29, 1.82) is 0 Å². The number of nitrogens with zero attached hydrogens (tertiary/aromatic N) is 6. The van der Waals surface area contributed by atoms with Crippen molar-refractivity contribution in [2.75, 3.05) is 16.8 Å². The van der Waals surface area contributed by atoms with Crippen molar-refractivity contribution >= 4 is 72.1 Å². The number of fused-ring (bicyclic) bond motifs is 2. The van der Waals surface area contributed by atoms with Crippen LogP contribution in [0.3, 0.4) is 0 Å². The third kappa shape index (κ3) is 11.5. The number of halogens is 11. The highest BCUT2D eigenvalue weighted by Crippen LogP contribution is 2.47. The van der Waals surface area contributed by atoms with Gasteiger partial charge in [0.25, 0.3) is 5.92 Å². The molecule has 1 aliphatic rings. The Hall–Kier alpha value is -7.00. The summed E-state index contributed by atoms with van der Waals surface area (Å²) >= 11 is 6.54. The van der Waals surface area contributed by atoms with Crippen LogP contribution in [0.5, 0.6) is 0 Å². The molecule has 0 spiro atoms. The SMILES string of the molecule is CC(NC(=O)N(c1nn(CC(F)(F)F)c2c(-c3ccc(C#CC(C)(C)S(C)(=O)=O)nc3[C@H](Cc3cc(F)cc(F)c3)NC(=O)Cn3nc(C(F)(F)F)c4c3C(F)(F)CC4)ccc(Cl)c12)S(C)(=O)=O)(C(=O)O)C(=O)O. The number of anilines is 1. The number of alkyl halides is 8. The van der Waals surface area contributed by atoms with Gasteiger partial charge in [0.2, 0.25) is 21.5 Å². The average Bonchev–Trinajstić information content (AvgIpc) is 3.89. The number of carbonyl (C=O) groups is 4. The fourth-order valence-electron chi connectivity index (χ4n) is 7.56. The number of amides is 3. The zero-order valence-electron chi connectivity index (χ0n) is 38.5. The molecule has 1 atom stereocenters. The molecule has 1 aliphatic carbocycles. The van der Waals surface area contributed by atoms with Gasteiger partial charge < -0.3 is 20.8 Å². The van der Waals surface area contributed by atoms with Crippen molar-refractivity contribution in [2.24, 2.45) is 0 Å². The summed E-state index contributed by atoms with van der Waals surface area (Å²) in [5, 5.41) is 28.6. The van der Waals surface area contributed by atoms with Crippen LogP contribution in [0.15, 0.2) is 42.5 Å². The Morgan fingerprint density at radius 1 is 0.892 bits per heavy atom. The van der Waals surface area contributed by atoms with Crippen LogP contribution in [0.1, 0.15) is 67.1 Å². The van der Waals surface area contributed by atoms with Gasteiger partial charge in [-0.25, -0.2) is 45.0 Å². The Morgan fingerprint density at radius 2 is 1.49 bits per heavy atom. The molecule has 74 heavy (non-hydrogen) atoms. The first-order valence-electron chi connectivity index (χ1n) is 20.8. The van der Waals surface area contributed by atoms with Crippen molar-refractivity contribution in [3.8, 4) is 23.0 Å². The molecule has 3 heterocycles. The highest BCUT2D eigenvalue weighted by molar-refractivity contribution is 7.93. The maximum Gasteiger partial charge on any atom is 0.435 e. The Balaban J connectivity index is 1.67. The Labute approximate surface area is 416 Å². The number of hydrogen-bond donors (Lipinski definition) is 4. The predicted octanol–water partition coefficient (Wildman–Crippen LogP) is 6.52. The lowest BCUT2D eigenvalue weighted by atomic mass is 9.93. The molecule has 18 nitrogen and oxygen atoms in total. The number of sulfonamides is 1. The minimum absolute atomic E-state index is 0.0727. The molecule has 0 radical (unpaired) electrons. The first kappa shape index (κ1) is 56.3. The molecule has 2 aromatic carbocycles. The van der Waals surface area contributed by atoms with E-state index in [0.717, 1.165) is 42.7 Å². The molecular formula is C43H37ClF10N8O10S2. The molecular weight excluding hydrogens is 1080 g/mol. The van der Waals surface area contributed by atoms with Crippen molar-refractivity contribution in [2.45, 2.75) is 87.7 Å². The summed E-state index contributed by atoms with van der Waals surface area (Å²) in [5.74, 6) is -8.55. The van der Waals surface area contributed by atoms with Crippen molar-refractivity contribution in [3.05, 3.63) is 93.0 Å². The van der Waals surface area contributed by atoms with Crippen LogP contribution >= 0.6 is 11.6 Å². The molecule has 0 unspecified atom stereocenters. The second kappa shape index (κ2) is 19.4. The van der Waals surface area contributed by atoms with Crippen molar-refractivity contribution in [3.63, 3.8) is 0 Å². The van der Waals surface area contributed by atoms with Crippen LogP contribution in [0, 0.1) is 23.5 Å². The number of carboxylic acids is 2. The second-order valence-electron chi connectivity index (χ2n) is 17.4. The average molecular weight is 1120 g/mol. The lowest BCUT2D eigenvalue weighted by molar-refractivity contribution is -0.157. The maximum absolute atomic E-state index is 15.2. The summed E-state index contributed by atoms with van der Waals surface area (Å²) in [5.41, 5.74) is -10.3. The largest absolute Gasteiger partial charge is 0.479 e. The molecule has 398 valence electrons. The van der Waals surface area contributed by atoms with Crippen LogP contribution in [0.2, 0.25) is 5.02 Å². The van der Waals surface area contributed by atoms with Gasteiger partial charge in [0.05, 0.1) is 33.9 Å². The van der Waals surface area contributed by atoms with Gasteiger partial charge in [-0.1, -0.05) is 23.6 Å². The Bertz CT molecular complexity index is 3430. The minimum Gasteiger partial charge on any atom is -0.479 e. The summed E-state index contributed by atoms with van der Waals surface area (Å²) in [4.78, 5) is 56.2. The Kier molecular flexibility index (Phi) is 14.7. The van der Waals surface area contributed by atoms with E-state index in [1.165, 1.54) is 19.2 Å². The molecule has 31 heteroatoms. The van der Waals surface area contributed by atoms with Crippen LogP contribution in [0.25, 0.3) is 22.0 Å². The van der Waals surface area contributed by atoms with Crippen LogP contribution in [-0.2, 0) is 72.3 Å². The zero-order valence-corrected chi connectivity index (χ0v) is 40.9. The minimum atomic E-state index is -5.28. The first-order valence-corrected chi connectivity index (χ1v) is 25.0. The van der Waals surface area contributed by atoms with E-state index in [0.29, 0.717) is 19.2 Å². The predicted molar refractivity (Wildman–Crippen MR) is 240 cm³/mol. The third-order valence-electron chi connectivity index (χ3n) is 11.4. The monoisotopic (exact) mass is 1110 g/mol. The maximum atomic E-state index is 15.2. The molecule has 3 amide bonds. The molecule has 0 fully saturated rings. The molecule has 4 N–H and O–H groups in total. The molecule has 0 aliphatic heterocycles. The van der Waals surface area contributed by atoms with Gasteiger partial charge >= 0.3 is 30.3 Å². The smallest absolute Gasteiger partial charge is 0.435 e. The summed E-state index contributed by atoms with van der Waals surface area (Å²) < 4.78 is 196. The van der Waals surface area contributed by atoms with Crippen LogP contribution in [-0.4, -0.2) is 104 Å². The lowest BCUT2D eigenvalue weighted by Gasteiger charge is -2.26. The highest BCUT2D eigenvalue weighted by atomic mass is 35.5. The van der Waals surface area contributed by atoms with Crippen LogP contribution < -0.4 is 14.9 Å². The summed E-state index contributed by atoms with van der Waals surface area (Å²) in [7, 11) is -9.15. The van der Waals surface area contributed by atoms with E-state index in [9.17, 15) is 81.4 Å². The van der Waals surface area contributed by atoms with Gasteiger partial charge in [-0.15, -0.1) is 0 Å². The number of rotatable bonds is 14. The van der Waals surface area contributed by atoms with Gasteiger partial charge in [0.15, 0.2) is 21.3 Å². The number of sulfone groups is 1. The quantitative estimate of drug-likeness (QED) is 0.0526. The number of urea groups is 1. The summed E-state index contributed by atoms with van der Waals surface area (Å²) in [6.07, 6.45) is -12.1. The van der Waals surface area contributed by atoms with Gasteiger partial charge in [-0.2, -0.15) is 49.6 Å². The number of aliphatic carboxylic acids is 2. The van der Waals surface area contributed by atoms with E-state index >= 15 is 8.78 Å². The van der Waals surface area contributed by atoms with Gasteiger partial charge in [-0.3, -0.25) is 14.2 Å². The van der Waals surface area contributed by atoms with Crippen molar-refractivity contribution < 1.29 is 90.1 Å². The normalized spacial score (nSPS) is 14.5. The van der Waals surface area contributed by atoms with Crippen molar-refractivity contribution in [1.82, 2.24) is 35.2 Å². The standard InChI is InChI=1S/C43H37ClF10N8O10S2/c1-39(2,73(4,69)70)12-10-23-6-7-24(25-8-9-27(44)30-32(25)61(19-42(49,50)51)59-35(30)62(74(5,71)72)38(68)57-40(3,36(64)65)37(66)67)31(55-23)28(16-20-14-21(45)17-22(46)15-20)56-29(63)18-60-34-26(11-13-41(34,47)48)33(58-60)43(52,53)54/h6-9,14-15,17,28H,11,13,16,18-19H2,1-5H3,(H,56,63)(H,57,68)(H,64,65)(H,66,67)/t28-/m0/s1.